The molecule has 0 unspecified atom stereocenters. The molecule has 0 radical (unpaired) electrons. The molecule has 0 bridgehead atoms. The number of aromatic nitrogens is 2. The maximum Gasteiger partial charge on any atom is 0.356 e. The predicted octanol–water partition coefficient (Wildman–Crippen LogP) is 0.501. The summed E-state index contributed by atoms with van der Waals surface area (Å²) in [6.07, 6.45) is 2.50. The van der Waals surface area contributed by atoms with Gasteiger partial charge in [-0.25, -0.2) is 9.78 Å². The van der Waals surface area contributed by atoms with E-state index in [1.54, 1.807) is 0 Å². The van der Waals surface area contributed by atoms with Crippen molar-refractivity contribution in [2.45, 2.75) is 26.3 Å². The van der Waals surface area contributed by atoms with Crippen LogP contribution in [-0.4, -0.2) is 39.0 Å². The molecule has 0 saturated carbocycles. The summed E-state index contributed by atoms with van der Waals surface area (Å²) in [6, 6.07) is 0. The summed E-state index contributed by atoms with van der Waals surface area (Å²) in [6.45, 7) is 5.62. The molecule has 1 heterocycles. The van der Waals surface area contributed by atoms with E-state index in [2.05, 4.69) is 20.6 Å². The minimum atomic E-state index is -1.16. The molecule has 7 nitrogen and oxygen atoms in total. The van der Waals surface area contributed by atoms with Crippen molar-refractivity contribution in [3.05, 3.63) is 18.1 Å². The van der Waals surface area contributed by atoms with Crippen LogP contribution in [0.15, 0.2) is 12.4 Å². The first-order valence-electron chi connectivity index (χ1n) is 5.38. The molecule has 1 aromatic heterocycles. The highest BCUT2D eigenvalue weighted by Gasteiger charge is 2.13. The Bertz CT molecular complexity index is 454. The number of nitrogens with one attached hydrogen (secondary N) is 2. The summed E-state index contributed by atoms with van der Waals surface area (Å²) >= 11 is 0. The topological polar surface area (TPSA) is 104 Å². The third-order valence-corrected chi connectivity index (χ3v) is 1.80. The average Bonchev–Trinajstić information content (AvgIpc) is 2.24. The molecule has 1 aromatic rings. The smallest absolute Gasteiger partial charge is 0.356 e. The molecule has 0 aliphatic heterocycles. The molecule has 0 aliphatic rings. The lowest BCUT2D eigenvalue weighted by molar-refractivity contribution is -0.120. The van der Waals surface area contributed by atoms with Gasteiger partial charge in [0.1, 0.15) is 5.82 Å². The minimum absolute atomic E-state index is 0.00895. The summed E-state index contributed by atoms with van der Waals surface area (Å²) in [4.78, 5) is 29.7. The van der Waals surface area contributed by atoms with Crippen molar-refractivity contribution < 1.29 is 14.7 Å². The third-order valence-electron chi connectivity index (χ3n) is 1.80. The zero-order chi connectivity index (χ0) is 13.8. The molecule has 0 fully saturated rings. The van der Waals surface area contributed by atoms with Crippen LogP contribution in [0.2, 0.25) is 0 Å². The molecular formula is C11H16N4O3. The lowest BCUT2D eigenvalue weighted by Gasteiger charge is -2.20. The number of aromatic carboxylic acids is 1. The SMILES string of the molecule is CC(C)(C)NC(=O)CNc1cncc(C(=O)O)n1. The summed E-state index contributed by atoms with van der Waals surface area (Å²) in [5.74, 6) is -1.12. The first-order valence-corrected chi connectivity index (χ1v) is 5.38. The van der Waals surface area contributed by atoms with Gasteiger partial charge in [-0.15, -0.1) is 0 Å². The molecular weight excluding hydrogens is 236 g/mol. The highest BCUT2D eigenvalue weighted by molar-refractivity contribution is 5.85. The fourth-order valence-electron chi connectivity index (χ4n) is 1.19. The number of nitrogens with zero attached hydrogens (tertiary/aromatic N) is 2. The van der Waals surface area contributed by atoms with Gasteiger partial charge in [0.05, 0.1) is 18.9 Å². The Balaban J connectivity index is 2.56. The molecule has 3 N–H and O–H groups in total. The van der Waals surface area contributed by atoms with E-state index in [4.69, 9.17) is 5.11 Å². The molecule has 0 spiro atoms. The van der Waals surface area contributed by atoms with Crippen LogP contribution in [0, 0.1) is 0 Å². The van der Waals surface area contributed by atoms with Crippen LogP contribution < -0.4 is 10.6 Å². The maximum absolute atomic E-state index is 11.5. The highest BCUT2D eigenvalue weighted by atomic mass is 16.4. The quantitative estimate of drug-likeness (QED) is 0.721. The molecule has 0 atom stereocenters. The molecule has 18 heavy (non-hydrogen) atoms. The van der Waals surface area contributed by atoms with Crippen molar-refractivity contribution in [3.63, 3.8) is 0 Å². The monoisotopic (exact) mass is 252 g/mol. The average molecular weight is 252 g/mol. The Labute approximate surface area is 105 Å². The Morgan fingerprint density at radius 2 is 2.00 bits per heavy atom. The molecule has 0 saturated heterocycles. The van der Waals surface area contributed by atoms with Crippen molar-refractivity contribution in [3.8, 4) is 0 Å². The van der Waals surface area contributed by atoms with Gasteiger partial charge in [0, 0.05) is 5.54 Å². The van der Waals surface area contributed by atoms with Gasteiger partial charge < -0.3 is 15.7 Å². The van der Waals surface area contributed by atoms with Crippen LogP contribution >= 0.6 is 0 Å². The van der Waals surface area contributed by atoms with Crippen molar-refractivity contribution in [1.82, 2.24) is 15.3 Å². The van der Waals surface area contributed by atoms with E-state index in [0.29, 0.717) is 0 Å². The highest BCUT2D eigenvalue weighted by Crippen LogP contribution is 2.02. The van der Waals surface area contributed by atoms with Crippen molar-refractivity contribution in [2.75, 3.05) is 11.9 Å². The number of carbonyl (C=O) groups excluding carboxylic acids is 1. The predicted molar refractivity (Wildman–Crippen MR) is 65.4 cm³/mol. The van der Waals surface area contributed by atoms with E-state index in [0.717, 1.165) is 6.20 Å². The van der Waals surface area contributed by atoms with Crippen molar-refractivity contribution in [1.29, 1.82) is 0 Å². The van der Waals surface area contributed by atoms with Gasteiger partial charge >= 0.3 is 5.97 Å². The van der Waals surface area contributed by atoms with Gasteiger partial charge in [-0.1, -0.05) is 0 Å². The van der Waals surface area contributed by atoms with Crippen LogP contribution in [0.4, 0.5) is 5.82 Å². The fourth-order valence-corrected chi connectivity index (χ4v) is 1.19. The van der Waals surface area contributed by atoms with Gasteiger partial charge in [0.2, 0.25) is 5.91 Å². The lowest BCUT2D eigenvalue weighted by Crippen LogP contribution is -2.43. The Morgan fingerprint density at radius 3 is 2.56 bits per heavy atom. The van der Waals surface area contributed by atoms with E-state index < -0.39 is 5.97 Å². The molecule has 1 amide bonds. The molecule has 7 heteroatoms. The van der Waals surface area contributed by atoms with E-state index >= 15 is 0 Å². The second-order valence-corrected chi connectivity index (χ2v) is 4.75. The summed E-state index contributed by atoms with van der Waals surface area (Å²) in [5.41, 5.74) is -0.482. The van der Waals surface area contributed by atoms with E-state index in [9.17, 15) is 9.59 Å². The van der Waals surface area contributed by atoms with Crippen molar-refractivity contribution >= 4 is 17.7 Å². The van der Waals surface area contributed by atoms with Gasteiger partial charge in [0.15, 0.2) is 5.69 Å². The summed E-state index contributed by atoms with van der Waals surface area (Å²) < 4.78 is 0. The van der Waals surface area contributed by atoms with Crippen LogP contribution in [-0.2, 0) is 4.79 Å². The Morgan fingerprint density at radius 1 is 1.33 bits per heavy atom. The standard InChI is InChI=1S/C11H16N4O3/c1-11(2,3)15-9(16)6-13-8-5-12-4-7(14-8)10(17)18/h4-5H,6H2,1-3H3,(H,13,14)(H,15,16)(H,17,18). The largest absolute Gasteiger partial charge is 0.476 e. The Kier molecular flexibility index (Phi) is 4.19. The van der Waals surface area contributed by atoms with Gasteiger partial charge in [-0.3, -0.25) is 9.78 Å². The Hall–Kier alpha value is -2.18. The number of carboxylic acids is 1. The zero-order valence-corrected chi connectivity index (χ0v) is 10.5. The van der Waals surface area contributed by atoms with Gasteiger partial charge in [0.25, 0.3) is 0 Å². The van der Waals surface area contributed by atoms with Gasteiger partial charge in [-0.05, 0) is 20.8 Å². The van der Waals surface area contributed by atoms with Gasteiger partial charge in [-0.2, -0.15) is 0 Å². The molecule has 0 aliphatic carbocycles. The number of hydrogen-bond donors (Lipinski definition) is 3. The van der Waals surface area contributed by atoms with Crippen LogP contribution in [0.1, 0.15) is 31.3 Å². The summed E-state index contributed by atoms with van der Waals surface area (Å²) in [7, 11) is 0. The number of anilines is 1. The van der Waals surface area contributed by atoms with Crippen LogP contribution in [0.3, 0.4) is 0 Å². The second-order valence-electron chi connectivity index (χ2n) is 4.75. The molecule has 1 rings (SSSR count). The minimum Gasteiger partial charge on any atom is -0.476 e. The number of amides is 1. The number of rotatable bonds is 4. The van der Waals surface area contributed by atoms with Crippen LogP contribution in [0.25, 0.3) is 0 Å². The van der Waals surface area contributed by atoms with Crippen LogP contribution in [0.5, 0.6) is 0 Å². The van der Waals surface area contributed by atoms with E-state index in [-0.39, 0.29) is 29.5 Å². The maximum atomic E-state index is 11.5. The van der Waals surface area contributed by atoms with Crippen molar-refractivity contribution in [2.24, 2.45) is 0 Å². The molecule has 98 valence electrons. The fraction of sp³-hybridized carbons (Fsp3) is 0.455. The first-order chi connectivity index (χ1) is 8.28. The third kappa shape index (κ3) is 4.77. The molecule has 0 aromatic carbocycles. The number of hydrogen-bond acceptors (Lipinski definition) is 5. The normalized spacial score (nSPS) is 10.8. The first kappa shape index (κ1) is 13.9. The number of carbonyl (C=O) groups is 2. The lowest BCUT2D eigenvalue weighted by atomic mass is 10.1. The zero-order valence-electron chi connectivity index (χ0n) is 10.5. The number of carboxylic acid groups (broad SMARTS) is 1. The van der Waals surface area contributed by atoms with E-state index in [1.807, 2.05) is 20.8 Å². The second kappa shape index (κ2) is 5.44. The summed E-state index contributed by atoms with van der Waals surface area (Å²) in [5, 5.41) is 14.2. The van der Waals surface area contributed by atoms with E-state index in [1.165, 1.54) is 6.20 Å².